The molecular weight excluding hydrogens is 399 g/mol. The lowest BCUT2D eigenvalue weighted by Gasteiger charge is -2.24. The van der Waals surface area contributed by atoms with Crippen LogP contribution >= 0.6 is 23.2 Å². The molecular formula is C19H22Cl2N6O. The van der Waals surface area contributed by atoms with Gasteiger partial charge in [-0.25, -0.2) is 4.99 Å². The van der Waals surface area contributed by atoms with E-state index in [0.717, 1.165) is 42.8 Å². The topological polar surface area (TPSA) is 110 Å². The quantitative estimate of drug-likeness (QED) is 0.518. The van der Waals surface area contributed by atoms with E-state index in [4.69, 9.17) is 39.4 Å². The number of benzene rings is 2. The van der Waals surface area contributed by atoms with E-state index < -0.39 is 5.79 Å². The highest BCUT2D eigenvalue weighted by Gasteiger charge is 2.32. The molecule has 1 fully saturated rings. The summed E-state index contributed by atoms with van der Waals surface area (Å²) >= 11 is 13.1. The molecule has 0 aliphatic carbocycles. The van der Waals surface area contributed by atoms with Crippen LogP contribution in [-0.4, -0.2) is 25.2 Å². The van der Waals surface area contributed by atoms with Crippen LogP contribution in [0.15, 0.2) is 41.4 Å². The van der Waals surface area contributed by atoms with E-state index in [9.17, 15) is 0 Å². The number of hydrogen-bond acceptors (Lipinski definition) is 7. The molecule has 9 heteroatoms. The summed E-state index contributed by atoms with van der Waals surface area (Å²) in [5, 5.41) is 4.28. The zero-order valence-electron chi connectivity index (χ0n) is 15.1. The summed E-state index contributed by atoms with van der Waals surface area (Å²) in [4.78, 5) is 4.15. The Morgan fingerprint density at radius 1 is 1.07 bits per heavy atom. The second-order valence-corrected chi connectivity index (χ2v) is 7.73. The van der Waals surface area contributed by atoms with Crippen LogP contribution in [0.25, 0.3) is 11.1 Å². The van der Waals surface area contributed by atoms with Gasteiger partial charge in [-0.2, -0.15) is 5.43 Å². The largest absolute Gasteiger partial charge is 0.490 e. The van der Waals surface area contributed by atoms with Gasteiger partial charge in [-0.05, 0) is 55.8 Å². The third-order valence-electron chi connectivity index (χ3n) is 4.89. The molecule has 7 N–H and O–H groups in total. The number of guanidine groups is 1. The van der Waals surface area contributed by atoms with Gasteiger partial charge >= 0.3 is 0 Å². The molecule has 2 aliphatic rings. The van der Waals surface area contributed by atoms with E-state index in [1.54, 1.807) is 12.1 Å². The molecule has 4 rings (SSSR count). The zero-order valence-corrected chi connectivity index (χ0v) is 16.6. The van der Waals surface area contributed by atoms with E-state index in [0.29, 0.717) is 15.6 Å². The van der Waals surface area contributed by atoms with Gasteiger partial charge in [0, 0.05) is 11.1 Å². The summed E-state index contributed by atoms with van der Waals surface area (Å²) in [7, 11) is 0. The van der Waals surface area contributed by atoms with Gasteiger partial charge in [0.15, 0.2) is 0 Å². The number of rotatable bonds is 4. The van der Waals surface area contributed by atoms with Crippen molar-refractivity contribution in [2.75, 3.05) is 13.1 Å². The molecule has 28 heavy (non-hydrogen) atoms. The van der Waals surface area contributed by atoms with Crippen molar-refractivity contribution in [1.82, 2.24) is 16.2 Å². The molecule has 0 spiro atoms. The lowest BCUT2D eigenvalue weighted by Crippen LogP contribution is -2.50. The average molecular weight is 421 g/mol. The molecule has 2 aromatic rings. The Kier molecular flexibility index (Phi) is 5.35. The van der Waals surface area contributed by atoms with Gasteiger partial charge in [0.1, 0.15) is 11.9 Å². The van der Waals surface area contributed by atoms with E-state index in [1.165, 1.54) is 0 Å². The minimum atomic E-state index is -1.22. The van der Waals surface area contributed by atoms with Crippen LogP contribution in [-0.2, 0) is 5.79 Å². The second kappa shape index (κ2) is 7.77. The Morgan fingerprint density at radius 3 is 2.29 bits per heavy atom. The molecule has 0 radical (unpaired) electrons. The van der Waals surface area contributed by atoms with Crippen LogP contribution < -0.4 is 32.4 Å². The van der Waals surface area contributed by atoms with Gasteiger partial charge in [0.05, 0.1) is 10.0 Å². The minimum Gasteiger partial charge on any atom is -0.490 e. The molecule has 0 bridgehead atoms. The maximum atomic E-state index is 6.54. The second-order valence-electron chi connectivity index (χ2n) is 6.92. The normalized spacial score (nSPS) is 22.6. The van der Waals surface area contributed by atoms with Gasteiger partial charge in [0.2, 0.25) is 11.7 Å². The fourth-order valence-corrected chi connectivity index (χ4v) is 4.12. The number of nitrogens with one attached hydrogen (secondary N) is 3. The maximum Gasteiger partial charge on any atom is 0.209 e. The summed E-state index contributed by atoms with van der Waals surface area (Å²) in [6, 6.07) is 11.3. The first-order chi connectivity index (χ1) is 13.4. The first kappa shape index (κ1) is 19.3. The molecule has 148 valence electrons. The number of nitrogens with zero attached hydrogens (tertiary/aromatic N) is 1. The number of hydrogen-bond donors (Lipinski definition) is 5. The molecule has 2 aliphatic heterocycles. The van der Waals surface area contributed by atoms with Crippen molar-refractivity contribution in [2.24, 2.45) is 16.5 Å². The van der Waals surface area contributed by atoms with Gasteiger partial charge in [-0.3, -0.25) is 11.2 Å². The minimum absolute atomic E-state index is 0.197. The summed E-state index contributed by atoms with van der Waals surface area (Å²) in [5.41, 5.74) is 19.6. The van der Waals surface area contributed by atoms with E-state index in [1.807, 2.05) is 24.3 Å². The maximum absolute atomic E-state index is 6.54. The third-order valence-corrected chi connectivity index (χ3v) is 5.49. The SMILES string of the molecule is NC1=NC(N)(c2cc(Cl)c(-c3ccc(OC4CCNCC4)cc3)c(Cl)c2)NN1. The third kappa shape index (κ3) is 3.90. The number of piperidine rings is 1. The van der Waals surface area contributed by atoms with Crippen LogP contribution in [0.5, 0.6) is 5.75 Å². The molecule has 1 saturated heterocycles. The van der Waals surface area contributed by atoms with E-state index >= 15 is 0 Å². The smallest absolute Gasteiger partial charge is 0.209 e. The van der Waals surface area contributed by atoms with Crippen LogP contribution in [0.1, 0.15) is 18.4 Å². The molecule has 2 heterocycles. The van der Waals surface area contributed by atoms with Crippen molar-refractivity contribution in [2.45, 2.75) is 24.7 Å². The first-order valence-electron chi connectivity index (χ1n) is 9.09. The number of aliphatic imine (C=N–C) groups is 1. The first-order valence-corrected chi connectivity index (χ1v) is 9.85. The van der Waals surface area contributed by atoms with Crippen molar-refractivity contribution >= 4 is 29.2 Å². The zero-order chi connectivity index (χ0) is 19.7. The highest BCUT2D eigenvalue weighted by Crippen LogP contribution is 2.38. The average Bonchev–Trinajstić information content (AvgIpc) is 3.03. The molecule has 1 atom stereocenters. The molecule has 2 aromatic carbocycles. The highest BCUT2D eigenvalue weighted by molar-refractivity contribution is 6.39. The van der Waals surface area contributed by atoms with Gasteiger partial charge in [0.25, 0.3) is 0 Å². The fourth-order valence-electron chi connectivity index (χ4n) is 3.42. The summed E-state index contributed by atoms with van der Waals surface area (Å²) in [6.45, 7) is 1.98. The van der Waals surface area contributed by atoms with Crippen LogP contribution in [0.2, 0.25) is 10.0 Å². The predicted molar refractivity (Wildman–Crippen MR) is 112 cm³/mol. The Bertz CT molecular complexity index is 875. The van der Waals surface area contributed by atoms with Crippen LogP contribution in [0.4, 0.5) is 0 Å². The van der Waals surface area contributed by atoms with Crippen molar-refractivity contribution in [3.63, 3.8) is 0 Å². The van der Waals surface area contributed by atoms with Crippen molar-refractivity contribution in [1.29, 1.82) is 0 Å². The Balaban J connectivity index is 1.57. The molecule has 7 nitrogen and oxygen atoms in total. The number of hydrazine groups is 1. The van der Waals surface area contributed by atoms with Crippen molar-refractivity contribution in [3.8, 4) is 16.9 Å². The highest BCUT2D eigenvalue weighted by atomic mass is 35.5. The predicted octanol–water partition coefficient (Wildman–Crippen LogP) is 2.28. The molecule has 0 saturated carbocycles. The summed E-state index contributed by atoms with van der Waals surface area (Å²) in [5.74, 6) is -0.183. The van der Waals surface area contributed by atoms with E-state index in [-0.39, 0.29) is 12.1 Å². The van der Waals surface area contributed by atoms with Gasteiger partial charge in [-0.1, -0.05) is 35.3 Å². The lowest BCUT2D eigenvalue weighted by molar-refractivity contribution is 0.162. The van der Waals surface area contributed by atoms with Crippen molar-refractivity contribution in [3.05, 3.63) is 52.0 Å². The molecule has 1 unspecified atom stereocenters. The van der Waals surface area contributed by atoms with Gasteiger partial charge in [-0.15, -0.1) is 0 Å². The molecule has 0 amide bonds. The standard InChI is InChI=1S/C19H22Cl2N6O/c20-15-9-12(19(23)25-18(22)26-27-19)10-16(21)17(15)11-1-3-13(4-2-11)28-14-5-7-24-8-6-14/h1-4,9-10,14,24,27H,5-8,23H2,(H3,22,25,26). The van der Waals surface area contributed by atoms with Crippen LogP contribution in [0.3, 0.4) is 0 Å². The lowest BCUT2D eigenvalue weighted by atomic mass is 10.0. The Morgan fingerprint density at radius 2 is 1.71 bits per heavy atom. The number of nitrogens with two attached hydrogens (primary N) is 2. The van der Waals surface area contributed by atoms with Gasteiger partial charge < -0.3 is 15.8 Å². The summed E-state index contributed by atoms with van der Waals surface area (Å²) < 4.78 is 6.05. The Hall–Kier alpha value is -2.03. The number of ether oxygens (including phenoxy) is 1. The Labute approximate surface area is 173 Å². The fraction of sp³-hybridized carbons (Fsp3) is 0.316. The van der Waals surface area contributed by atoms with Crippen molar-refractivity contribution < 1.29 is 4.74 Å². The van der Waals surface area contributed by atoms with Crippen LogP contribution in [0, 0.1) is 0 Å². The summed E-state index contributed by atoms with van der Waals surface area (Å²) in [6.07, 6.45) is 2.27. The monoisotopic (exact) mass is 420 g/mol. The number of halogens is 2. The van der Waals surface area contributed by atoms with E-state index in [2.05, 4.69) is 21.2 Å². The molecule has 0 aromatic heterocycles.